The van der Waals surface area contributed by atoms with Crippen LogP contribution in [0.5, 0.6) is 11.5 Å². The second kappa shape index (κ2) is 11.6. The summed E-state index contributed by atoms with van der Waals surface area (Å²) in [6, 6.07) is 5.86. The summed E-state index contributed by atoms with van der Waals surface area (Å²) in [7, 11) is 0. The molecule has 1 aromatic heterocycles. The van der Waals surface area contributed by atoms with Gasteiger partial charge in [-0.3, -0.25) is 5.10 Å². The van der Waals surface area contributed by atoms with Crippen molar-refractivity contribution in [2.24, 2.45) is 5.10 Å². The maximum atomic E-state index is 5.89. The Bertz CT molecular complexity index is 809. The van der Waals surface area contributed by atoms with Crippen molar-refractivity contribution in [2.45, 2.75) is 65.7 Å². The molecule has 2 aromatic rings. The molecule has 0 bridgehead atoms. The highest BCUT2D eigenvalue weighted by atomic mass is 32.1. The van der Waals surface area contributed by atoms with Crippen molar-refractivity contribution in [2.75, 3.05) is 13.2 Å². The van der Waals surface area contributed by atoms with Gasteiger partial charge in [0.15, 0.2) is 17.3 Å². The molecule has 0 aliphatic carbocycles. The highest BCUT2D eigenvalue weighted by Crippen LogP contribution is 2.28. The van der Waals surface area contributed by atoms with Gasteiger partial charge in [-0.05, 0) is 62.2 Å². The van der Waals surface area contributed by atoms with Gasteiger partial charge in [0.25, 0.3) is 0 Å². The van der Waals surface area contributed by atoms with E-state index in [-0.39, 0.29) is 0 Å². The van der Waals surface area contributed by atoms with E-state index < -0.39 is 0 Å². The molecule has 0 radical (unpaired) electrons. The Labute approximate surface area is 173 Å². The third-order valence-electron chi connectivity index (χ3n) is 4.62. The van der Waals surface area contributed by atoms with Gasteiger partial charge in [-0.2, -0.15) is 14.9 Å². The molecule has 0 saturated carbocycles. The summed E-state index contributed by atoms with van der Waals surface area (Å²) in [5.41, 5.74) is 0.919. The zero-order chi connectivity index (χ0) is 20.4. The second-order valence-electron chi connectivity index (χ2n) is 6.65. The predicted octanol–water partition coefficient (Wildman–Crippen LogP) is 5.69. The number of hydrogen-bond acceptors (Lipinski definition) is 5. The van der Waals surface area contributed by atoms with Crippen LogP contribution in [0.2, 0.25) is 0 Å². The Hall–Kier alpha value is -2.15. The van der Waals surface area contributed by atoms with Gasteiger partial charge in [0.2, 0.25) is 4.77 Å². The molecular formula is C21H32N4O2S. The van der Waals surface area contributed by atoms with Crippen LogP contribution >= 0.6 is 12.2 Å². The number of ether oxygens (including phenoxy) is 2. The molecular weight excluding hydrogens is 372 g/mol. The van der Waals surface area contributed by atoms with Crippen LogP contribution in [0.4, 0.5) is 0 Å². The number of aromatic nitrogens is 3. The molecule has 0 fully saturated rings. The van der Waals surface area contributed by atoms with E-state index in [4.69, 9.17) is 21.7 Å². The van der Waals surface area contributed by atoms with Crippen LogP contribution in [0.3, 0.4) is 0 Å². The van der Waals surface area contributed by atoms with Crippen LogP contribution in [-0.4, -0.2) is 34.3 Å². The first-order chi connectivity index (χ1) is 13.6. The van der Waals surface area contributed by atoms with Gasteiger partial charge < -0.3 is 9.47 Å². The lowest BCUT2D eigenvalue weighted by Crippen LogP contribution is -2.05. The Morgan fingerprint density at radius 2 is 1.93 bits per heavy atom. The topological polar surface area (TPSA) is 64.4 Å². The third kappa shape index (κ3) is 5.92. The summed E-state index contributed by atoms with van der Waals surface area (Å²) >= 11 is 5.35. The molecule has 1 heterocycles. The van der Waals surface area contributed by atoms with E-state index in [1.54, 1.807) is 10.9 Å². The van der Waals surface area contributed by atoms with E-state index in [1.165, 1.54) is 12.8 Å². The zero-order valence-electron chi connectivity index (χ0n) is 17.4. The molecule has 1 N–H and O–H groups in total. The molecule has 0 amide bonds. The number of hydrogen-bond donors (Lipinski definition) is 1. The van der Waals surface area contributed by atoms with Crippen LogP contribution in [0.1, 0.15) is 77.1 Å². The van der Waals surface area contributed by atoms with E-state index >= 15 is 0 Å². The number of aromatic amines is 1. The highest BCUT2D eigenvalue weighted by molar-refractivity contribution is 7.71. The molecule has 1 aromatic carbocycles. The fourth-order valence-corrected chi connectivity index (χ4v) is 3.17. The van der Waals surface area contributed by atoms with Crippen LogP contribution in [0.25, 0.3) is 0 Å². The second-order valence-corrected chi connectivity index (χ2v) is 7.04. The summed E-state index contributed by atoms with van der Waals surface area (Å²) in [4.78, 5) is 0. The minimum Gasteiger partial charge on any atom is -0.490 e. The average molecular weight is 405 g/mol. The Kier molecular flexibility index (Phi) is 9.20. The van der Waals surface area contributed by atoms with Crippen LogP contribution in [-0.2, 0) is 0 Å². The number of nitrogens with zero attached hydrogens (tertiary/aromatic N) is 3. The first-order valence-corrected chi connectivity index (χ1v) is 10.7. The predicted molar refractivity (Wildman–Crippen MR) is 116 cm³/mol. The number of unbranched alkanes of at least 4 members (excludes halogenated alkanes) is 2. The monoisotopic (exact) mass is 404 g/mol. The SMILES string of the molecule is CCCCCOc1ccc(/C=N\n2c(C(CC)CC)n[nH]c2=S)cc1OCC. The van der Waals surface area contributed by atoms with E-state index in [0.29, 0.717) is 23.9 Å². The largest absolute Gasteiger partial charge is 0.490 e. The molecule has 0 atom stereocenters. The van der Waals surface area contributed by atoms with Crippen molar-refractivity contribution in [3.05, 3.63) is 34.4 Å². The zero-order valence-corrected chi connectivity index (χ0v) is 18.2. The Morgan fingerprint density at radius 3 is 2.61 bits per heavy atom. The first-order valence-electron chi connectivity index (χ1n) is 10.3. The maximum absolute atomic E-state index is 5.89. The number of H-pyrrole nitrogens is 1. The summed E-state index contributed by atoms with van der Waals surface area (Å²) in [6.07, 6.45) is 7.14. The van der Waals surface area contributed by atoms with Gasteiger partial charge in [-0.15, -0.1) is 0 Å². The first kappa shape index (κ1) is 22.1. The van der Waals surface area contributed by atoms with Crippen LogP contribution in [0, 0.1) is 4.77 Å². The average Bonchev–Trinajstić information content (AvgIpc) is 3.06. The van der Waals surface area contributed by atoms with Gasteiger partial charge in [-0.25, -0.2) is 0 Å². The summed E-state index contributed by atoms with van der Waals surface area (Å²) < 4.78 is 13.9. The molecule has 7 heteroatoms. The third-order valence-corrected chi connectivity index (χ3v) is 4.89. The molecule has 6 nitrogen and oxygen atoms in total. The number of rotatable bonds is 12. The molecule has 2 rings (SSSR count). The minimum absolute atomic E-state index is 0.322. The van der Waals surface area contributed by atoms with Crippen LogP contribution in [0.15, 0.2) is 23.3 Å². The van der Waals surface area contributed by atoms with Crippen molar-refractivity contribution in [1.29, 1.82) is 0 Å². The minimum atomic E-state index is 0.322. The molecule has 0 aliphatic heterocycles. The summed E-state index contributed by atoms with van der Waals surface area (Å²) in [5.74, 6) is 2.70. The van der Waals surface area contributed by atoms with Gasteiger partial charge in [-0.1, -0.05) is 33.6 Å². The molecule has 0 saturated heterocycles. The van der Waals surface area contributed by atoms with E-state index in [9.17, 15) is 0 Å². The lowest BCUT2D eigenvalue weighted by Gasteiger charge is -2.12. The van der Waals surface area contributed by atoms with E-state index in [0.717, 1.165) is 42.1 Å². The fraction of sp³-hybridized carbons (Fsp3) is 0.571. The Balaban J connectivity index is 2.21. The molecule has 154 valence electrons. The van der Waals surface area contributed by atoms with Gasteiger partial charge >= 0.3 is 0 Å². The highest BCUT2D eigenvalue weighted by Gasteiger charge is 2.15. The summed E-state index contributed by atoms with van der Waals surface area (Å²) in [6.45, 7) is 9.72. The summed E-state index contributed by atoms with van der Waals surface area (Å²) in [5, 5.41) is 11.8. The smallest absolute Gasteiger partial charge is 0.216 e. The fourth-order valence-electron chi connectivity index (χ4n) is 2.98. The van der Waals surface area contributed by atoms with Crippen LogP contribution < -0.4 is 9.47 Å². The molecule has 0 aliphatic rings. The lowest BCUT2D eigenvalue weighted by atomic mass is 10.0. The lowest BCUT2D eigenvalue weighted by molar-refractivity contribution is 0.271. The number of benzene rings is 1. The number of nitrogens with one attached hydrogen (secondary N) is 1. The molecule has 0 unspecified atom stereocenters. The maximum Gasteiger partial charge on any atom is 0.216 e. The van der Waals surface area contributed by atoms with Crippen molar-refractivity contribution in [1.82, 2.24) is 14.9 Å². The molecule has 0 spiro atoms. The van der Waals surface area contributed by atoms with Gasteiger partial charge in [0.05, 0.1) is 19.4 Å². The van der Waals surface area contributed by atoms with Gasteiger partial charge in [0.1, 0.15) is 0 Å². The van der Waals surface area contributed by atoms with Gasteiger partial charge in [0, 0.05) is 5.92 Å². The molecule has 28 heavy (non-hydrogen) atoms. The standard InChI is InChI=1S/C21H32N4O2S/c1-5-9-10-13-27-18-12-11-16(14-19(18)26-8-4)15-22-25-20(17(6-2)7-3)23-24-21(25)28/h11-12,14-15,17H,5-10,13H2,1-4H3,(H,24,28)/b22-15-. The van der Waals surface area contributed by atoms with E-state index in [1.807, 2.05) is 25.1 Å². The Morgan fingerprint density at radius 1 is 1.14 bits per heavy atom. The van der Waals surface area contributed by atoms with Crippen molar-refractivity contribution >= 4 is 18.4 Å². The quantitative estimate of drug-likeness (QED) is 0.280. The van der Waals surface area contributed by atoms with E-state index in [2.05, 4.69) is 36.1 Å². The van der Waals surface area contributed by atoms with Crippen molar-refractivity contribution in [3.8, 4) is 11.5 Å². The normalized spacial score (nSPS) is 11.5. The van der Waals surface area contributed by atoms with Crippen molar-refractivity contribution < 1.29 is 9.47 Å². The van der Waals surface area contributed by atoms with Crippen molar-refractivity contribution in [3.63, 3.8) is 0 Å².